The monoisotopic (exact) mass is 767 g/mol. The predicted molar refractivity (Wildman–Crippen MR) is 213 cm³/mol. The van der Waals surface area contributed by atoms with Crippen LogP contribution >= 0.6 is 0 Å². The molecule has 3 heterocycles. The summed E-state index contributed by atoms with van der Waals surface area (Å²) in [6.07, 6.45) is -0.629. The van der Waals surface area contributed by atoms with E-state index in [9.17, 15) is 9.90 Å². The lowest BCUT2D eigenvalue weighted by Gasteiger charge is -2.37. The number of aliphatic hydroxyl groups excluding tert-OH is 1. The minimum absolute atomic E-state index is 0.0520. The molecule has 1 aliphatic rings. The Kier molecular flexibility index (Phi) is 11.5. The zero-order valence-electron chi connectivity index (χ0n) is 33.1. The van der Waals surface area contributed by atoms with Crippen molar-refractivity contribution in [2.24, 2.45) is 5.41 Å². The van der Waals surface area contributed by atoms with Gasteiger partial charge in [0.15, 0.2) is 38.3 Å². The minimum Gasteiger partial charge on any atom is -0.497 e. The third-order valence-electron chi connectivity index (χ3n) is 10.7. The number of fused-ring (bicyclic) bond motifs is 1. The van der Waals surface area contributed by atoms with Crippen molar-refractivity contribution < 1.29 is 33.3 Å². The van der Waals surface area contributed by atoms with E-state index >= 15 is 0 Å². The summed E-state index contributed by atoms with van der Waals surface area (Å²) in [6, 6.07) is 28.3. The lowest BCUT2D eigenvalue weighted by atomic mass is 9.77. The van der Waals surface area contributed by atoms with Crippen LogP contribution in [0, 0.1) is 5.41 Å². The van der Waals surface area contributed by atoms with Gasteiger partial charge in [-0.2, -0.15) is 0 Å². The number of carbonyl (C=O) groups is 1. The molecule has 6 rings (SSSR count). The van der Waals surface area contributed by atoms with Gasteiger partial charge in [0.2, 0.25) is 0 Å². The first-order valence-corrected chi connectivity index (χ1v) is 21.5. The minimum atomic E-state index is -2.21. The largest absolute Gasteiger partial charge is 0.497 e. The van der Waals surface area contributed by atoms with Crippen molar-refractivity contribution in [1.29, 1.82) is 0 Å². The summed E-state index contributed by atoms with van der Waals surface area (Å²) in [7, 11) is -0.561. The first-order valence-electron chi connectivity index (χ1n) is 18.5. The second-order valence-corrected chi connectivity index (χ2v) is 21.2. The fourth-order valence-corrected chi connectivity index (χ4v) is 7.43. The second-order valence-electron chi connectivity index (χ2n) is 16.4. The highest BCUT2D eigenvalue weighted by atomic mass is 28.4. The number of nitrogens with zero attached hydrogens (tertiary/aromatic N) is 4. The molecule has 1 saturated heterocycles. The van der Waals surface area contributed by atoms with Crippen LogP contribution < -0.4 is 10.1 Å². The first kappa shape index (κ1) is 40.0. The molecule has 0 aliphatic carbocycles. The third-order valence-corrected chi connectivity index (χ3v) is 15.2. The number of hydrogen-bond acceptors (Lipinski definition) is 11. The maximum Gasteiger partial charge on any atom is 0.313 e. The molecule has 2 N–H and O–H groups in total. The number of nitrogens with one attached hydrogen (secondary N) is 1. The van der Waals surface area contributed by atoms with Gasteiger partial charge in [-0.1, -0.05) is 93.6 Å². The van der Waals surface area contributed by atoms with E-state index in [0.717, 1.165) is 22.4 Å². The molecule has 13 heteroatoms. The normalized spacial score (nSPS) is 19.4. The highest BCUT2D eigenvalue weighted by molar-refractivity contribution is 6.74. The number of anilines is 1. The van der Waals surface area contributed by atoms with Crippen LogP contribution in [0.25, 0.3) is 11.2 Å². The van der Waals surface area contributed by atoms with E-state index in [1.165, 1.54) is 6.33 Å². The van der Waals surface area contributed by atoms with Crippen LogP contribution in [-0.2, 0) is 29.0 Å². The molecule has 2 aromatic heterocycles. The van der Waals surface area contributed by atoms with E-state index in [-0.39, 0.29) is 18.4 Å². The highest BCUT2D eigenvalue weighted by Gasteiger charge is 2.48. The van der Waals surface area contributed by atoms with E-state index in [4.69, 9.17) is 33.3 Å². The van der Waals surface area contributed by atoms with Crippen molar-refractivity contribution >= 4 is 31.3 Å². The van der Waals surface area contributed by atoms with Gasteiger partial charge in [-0.3, -0.25) is 9.36 Å². The quantitative estimate of drug-likeness (QED) is 0.0535. The Morgan fingerprint density at radius 2 is 1.47 bits per heavy atom. The Bertz CT molecular complexity index is 2010. The summed E-state index contributed by atoms with van der Waals surface area (Å²) in [5, 5.41) is 15.6. The van der Waals surface area contributed by atoms with Crippen molar-refractivity contribution in [3.8, 4) is 5.75 Å². The zero-order chi connectivity index (χ0) is 39.6. The molecule has 55 heavy (non-hydrogen) atoms. The molecule has 12 nitrogen and oxygen atoms in total. The molecule has 0 saturated carbocycles. The van der Waals surface area contributed by atoms with E-state index in [0.29, 0.717) is 17.0 Å². The molecule has 5 aromatic rings. The molecule has 4 atom stereocenters. The fraction of sp³-hybridized carbons (Fsp3) is 0.429. The van der Waals surface area contributed by atoms with Crippen LogP contribution in [0.3, 0.4) is 0 Å². The molecule has 1 aliphatic heterocycles. The van der Waals surface area contributed by atoms with Gasteiger partial charge in [0.05, 0.1) is 25.5 Å². The number of ether oxygens (including phenoxy) is 4. The highest BCUT2D eigenvalue weighted by Crippen LogP contribution is 2.42. The molecular formula is C42H53N5O7Si. The lowest BCUT2D eigenvalue weighted by Crippen LogP contribution is -2.45. The summed E-state index contributed by atoms with van der Waals surface area (Å²) in [5.41, 5.74) is 2.18. The van der Waals surface area contributed by atoms with E-state index in [2.05, 4.69) is 68.4 Å². The molecule has 0 bridgehead atoms. The summed E-state index contributed by atoms with van der Waals surface area (Å²) >= 11 is 0. The topological polar surface area (TPSA) is 139 Å². The summed E-state index contributed by atoms with van der Waals surface area (Å²) in [4.78, 5) is 26.7. The van der Waals surface area contributed by atoms with Crippen LogP contribution in [-0.4, -0.2) is 77.7 Å². The third kappa shape index (κ3) is 8.17. The smallest absolute Gasteiger partial charge is 0.313 e. The number of esters is 1. The Hall–Kier alpha value is -4.66. The van der Waals surface area contributed by atoms with Crippen LogP contribution in [0.15, 0.2) is 97.6 Å². The molecule has 292 valence electrons. The van der Waals surface area contributed by atoms with Crippen molar-refractivity contribution in [2.45, 2.75) is 89.8 Å². The lowest BCUT2D eigenvalue weighted by molar-refractivity contribution is -0.176. The average Bonchev–Trinajstić information content (AvgIpc) is 3.73. The van der Waals surface area contributed by atoms with Crippen LogP contribution in [0.5, 0.6) is 5.75 Å². The number of imidazole rings is 1. The number of rotatable bonds is 13. The maximum absolute atomic E-state index is 12.5. The maximum atomic E-state index is 12.5. The Balaban J connectivity index is 1.38. The van der Waals surface area contributed by atoms with Crippen LogP contribution in [0.4, 0.5) is 5.82 Å². The van der Waals surface area contributed by atoms with E-state index < -0.39 is 49.8 Å². The Labute approximate surface area is 324 Å². The second kappa shape index (κ2) is 15.8. The average molecular weight is 768 g/mol. The molecule has 0 spiro atoms. The first-order chi connectivity index (χ1) is 26.1. The van der Waals surface area contributed by atoms with Gasteiger partial charge in [-0.25, -0.2) is 15.0 Å². The SMILES string of the molecule is COc1ccc(C(Nc2ncnc3c2ncn3[C@@H]2O[C@H](CO[Si](C)(C)C(C)(C)C)[C@@H](OCOC(=O)C(C)(C)C)[C@H]2O)(c2ccccc2)c2ccccc2)cc1. The number of aromatic nitrogens is 4. The molecule has 3 aromatic carbocycles. The summed E-state index contributed by atoms with van der Waals surface area (Å²) < 4.78 is 31.8. The predicted octanol–water partition coefficient (Wildman–Crippen LogP) is 7.45. The number of hydrogen-bond donors (Lipinski definition) is 2. The number of aliphatic hydroxyl groups is 1. The van der Waals surface area contributed by atoms with Gasteiger partial charge in [0.1, 0.15) is 35.9 Å². The molecule has 1 fully saturated rings. The van der Waals surface area contributed by atoms with Gasteiger partial charge >= 0.3 is 5.97 Å². The van der Waals surface area contributed by atoms with Gasteiger partial charge in [-0.15, -0.1) is 0 Å². The standard InChI is InChI=1S/C42H53N5O7Si/c1-40(2,3)39(49)52-27-51-35-32(24-53-55(8,9)41(4,5)6)54-38(34(35)48)47-26-45-33-36(43-25-44-37(33)47)46-42(28-16-12-10-13-17-28,29-18-14-11-15-19-29)30-20-22-31(50-7)23-21-30/h10-23,25-26,32,34-35,38,48H,24,27H2,1-9H3,(H,43,44,46)/t32-,34-,35-,38-/m1/s1. The number of benzene rings is 3. The van der Waals surface area contributed by atoms with Crippen LogP contribution in [0.1, 0.15) is 64.5 Å². The number of methoxy groups -OCH3 is 1. The van der Waals surface area contributed by atoms with Gasteiger partial charge in [-0.05, 0) is 67.7 Å². The molecule has 0 amide bonds. The molecular weight excluding hydrogens is 715 g/mol. The number of carbonyl (C=O) groups excluding carboxylic acids is 1. The Morgan fingerprint density at radius 1 is 0.873 bits per heavy atom. The van der Waals surface area contributed by atoms with E-state index in [1.807, 2.05) is 60.7 Å². The van der Waals surface area contributed by atoms with Crippen molar-refractivity contribution in [3.63, 3.8) is 0 Å². The van der Waals surface area contributed by atoms with Crippen LogP contribution in [0.2, 0.25) is 18.1 Å². The van der Waals surface area contributed by atoms with Gasteiger partial charge < -0.3 is 33.8 Å². The van der Waals surface area contributed by atoms with Crippen molar-refractivity contribution in [3.05, 3.63) is 114 Å². The van der Waals surface area contributed by atoms with Crippen molar-refractivity contribution in [1.82, 2.24) is 19.5 Å². The summed E-state index contributed by atoms with van der Waals surface area (Å²) in [6.45, 7) is 15.9. The van der Waals surface area contributed by atoms with Gasteiger partial charge in [0, 0.05) is 0 Å². The van der Waals surface area contributed by atoms with Crippen molar-refractivity contribution in [2.75, 3.05) is 25.8 Å². The van der Waals surface area contributed by atoms with Gasteiger partial charge in [0.25, 0.3) is 0 Å². The fourth-order valence-electron chi connectivity index (χ4n) is 6.42. The molecule has 0 unspecified atom stereocenters. The Morgan fingerprint density at radius 3 is 2.04 bits per heavy atom. The zero-order valence-corrected chi connectivity index (χ0v) is 34.1. The molecule has 0 radical (unpaired) electrons. The summed E-state index contributed by atoms with van der Waals surface area (Å²) in [5.74, 6) is 0.791. The van der Waals surface area contributed by atoms with E-state index in [1.54, 1.807) is 38.8 Å².